The van der Waals surface area contributed by atoms with E-state index in [2.05, 4.69) is 49.9 Å². The van der Waals surface area contributed by atoms with E-state index in [9.17, 15) is 10.1 Å². The predicted octanol–water partition coefficient (Wildman–Crippen LogP) is 7.02. The summed E-state index contributed by atoms with van der Waals surface area (Å²) in [5.74, 6) is -0.239. The first-order valence-electron chi connectivity index (χ1n) is 11.2. The van der Waals surface area contributed by atoms with Gasteiger partial charge < -0.3 is 10.2 Å². The highest BCUT2D eigenvalue weighted by Gasteiger charge is 2.14. The Hall–Kier alpha value is -4.35. The van der Waals surface area contributed by atoms with Gasteiger partial charge in [-0.25, -0.2) is 0 Å². The van der Waals surface area contributed by atoms with Crippen LogP contribution in [0.3, 0.4) is 0 Å². The number of rotatable bonds is 8. The Kier molecular flexibility index (Phi) is 7.60. The van der Waals surface area contributed by atoms with Gasteiger partial charge in [-0.15, -0.1) is 10.2 Å². The van der Waals surface area contributed by atoms with E-state index in [-0.39, 0.29) is 5.91 Å². The summed E-state index contributed by atoms with van der Waals surface area (Å²) in [6.07, 6.45) is 0. The molecule has 35 heavy (non-hydrogen) atoms. The molecule has 8 heteroatoms. The lowest BCUT2D eigenvalue weighted by molar-refractivity contribution is 0.102. The van der Waals surface area contributed by atoms with Crippen LogP contribution in [0.2, 0.25) is 0 Å². The normalized spacial score (nSPS) is 10.8. The third-order valence-corrected chi connectivity index (χ3v) is 6.26. The summed E-state index contributed by atoms with van der Waals surface area (Å²) >= 11 is 1.12. The van der Waals surface area contributed by atoms with Crippen LogP contribution < -0.4 is 10.2 Å². The van der Waals surface area contributed by atoms with Crippen molar-refractivity contribution in [3.8, 4) is 6.07 Å². The second-order valence-corrected chi connectivity index (χ2v) is 8.53. The van der Waals surface area contributed by atoms with E-state index < -0.39 is 0 Å². The lowest BCUT2D eigenvalue weighted by Gasteiger charge is -2.24. The van der Waals surface area contributed by atoms with Crippen LogP contribution in [0.5, 0.6) is 0 Å². The molecule has 0 radical (unpaired) electrons. The molecule has 0 saturated heterocycles. The van der Waals surface area contributed by atoms with Gasteiger partial charge in [0.1, 0.15) is 17.3 Å². The summed E-state index contributed by atoms with van der Waals surface area (Å²) < 4.78 is 4.19. The Morgan fingerprint density at radius 3 is 2.46 bits per heavy atom. The van der Waals surface area contributed by atoms with Gasteiger partial charge >= 0.3 is 0 Å². The van der Waals surface area contributed by atoms with Crippen molar-refractivity contribution < 1.29 is 4.79 Å². The minimum absolute atomic E-state index is 0.239. The third kappa shape index (κ3) is 5.78. The molecule has 0 fully saturated rings. The van der Waals surface area contributed by atoms with Crippen molar-refractivity contribution in [3.63, 3.8) is 0 Å². The average molecular weight is 481 g/mol. The number of amides is 1. The second-order valence-electron chi connectivity index (χ2n) is 7.78. The Balaban J connectivity index is 1.68. The minimum atomic E-state index is -0.239. The summed E-state index contributed by atoms with van der Waals surface area (Å²) in [7, 11) is 0. The maximum Gasteiger partial charge on any atom is 0.255 e. The molecule has 1 amide bonds. The first kappa shape index (κ1) is 23.8. The van der Waals surface area contributed by atoms with E-state index in [1.54, 1.807) is 19.1 Å². The smallest absolute Gasteiger partial charge is 0.255 e. The van der Waals surface area contributed by atoms with Crippen LogP contribution in [0.25, 0.3) is 0 Å². The van der Waals surface area contributed by atoms with Gasteiger partial charge in [-0.3, -0.25) is 4.79 Å². The number of aromatic nitrogens is 1. The zero-order valence-corrected chi connectivity index (χ0v) is 20.3. The molecule has 7 nitrogen and oxygen atoms in total. The molecule has 1 aromatic heterocycles. The molecular weight excluding hydrogens is 456 g/mol. The SMILES string of the molecule is CCN(Cc1ccccc1)c1ccc(N=Nc2snc(C)c2C#N)c(NC(=O)c2ccccc2)c1. The van der Waals surface area contributed by atoms with Crippen molar-refractivity contribution in [1.29, 1.82) is 5.26 Å². The van der Waals surface area contributed by atoms with Gasteiger partial charge in [-0.1, -0.05) is 48.5 Å². The molecule has 0 spiro atoms. The van der Waals surface area contributed by atoms with Gasteiger partial charge in [0.25, 0.3) is 5.91 Å². The van der Waals surface area contributed by atoms with Crippen LogP contribution in [-0.4, -0.2) is 16.8 Å². The fourth-order valence-corrected chi connectivity index (χ4v) is 4.21. The molecule has 0 aliphatic carbocycles. The van der Waals surface area contributed by atoms with E-state index in [4.69, 9.17) is 0 Å². The number of nitriles is 1. The molecule has 3 aromatic carbocycles. The van der Waals surface area contributed by atoms with Crippen LogP contribution in [0, 0.1) is 18.3 Å². The molecule has 1 heterocycles. The number of nitrogens with zero attached hydrogens (tertiary/aromatic N) is 5. The molecule has 4 rings (SSSR count). The fourth-order valence-electron chi connectivity index (χ4n) is 3.54. The maximum absolute atomic E-state index is 12.9. The summed E-state index contributed by atoms with van der Waals surface area (Å²) in [5.41, 5.74) is 4.74. The highest BCUT2D eigenvalue weighted by Crippen LogP contribution is 2.34. The Labute approximate surface area is 208 Å². The Morgan fingerprint density at radius 2 is 1.77 bits per heavy atom. The van der Waals surface area contributed by atoms with E-state index in [0.29, 0.717) is 33.2 Å². The second kappa shape index (κ2) is 11.2. The minimum Gasteiger partial charge on any atom is -0.367 e. The van der Waals surface area contributed by atoms with Gasteiger partial charge in [-0.05, 0) is 61.3 Å². The van der Waals surface area contributed by atoms with Crippen LogP contribution in [0.4, 0.5) is 22.1 Å². The number of aryl methyl sites for hydroxylation is 1. The lowest BCUT2D eigenvalue weighted by atomic mass is 10.1. The van der Waals surface area contributed by atoms with Gasteiger partial charge in [0.05, 0.1) is 11.4 Å². The van der Waals surface area contributed by atoms with Crippen molar-refractivity contribution in [3.05, 3.63) is 101 Å². The average Bonchev–Trinajstić information content (AvgIpc) is 3.26. The zero-order chi connectivity index (χ0) is 24.6. The third-order valence-electron chi connectivity index (χ3n) is 5.43. The number of carbonyl (C=O) groups excluding carboxylic acids is 1. The monoisotopic (exact) mass is 480 g/mol. The molecule has 174 valence electrons. The number of nitrogens with one attached hydrogen (secondary N) is 1. The van der Waals surface area contributed by atoms with Gasteiger partial charge in [-0.2, -0.15) is 9.64 Å². The Morgan fingerprint density at radius 1 is 1.06 bits per heavy atom. The molecule has 0 atom stereocenters. The molecule has 4 aromatic rings. The summed E-state index contributed by atoms with van der Waals surface area (Å²) in [6.45, 7) is 5.37. The fraction of sp³-hybridized carbons (Fsp3) is 0.148. The largest absolute Gasteiger partial charge is 0.367 e. The number of hydrogen-bond donors (Lipinski definition) is 1. The molecule has 0 unspecified atom stereocenters. The molecule has 0 aliphatic heterocycles. The van der Waals surface area contributed by atoms with Gasteiger partial charge in [0, 0.05) is 24.3 Å². The lowest BCUT2D eigenvalue weighted by Crippen LogP contribution is -2.22. The number of azo groups is 1. The number of anilines is 2. The highest BCUT2D eigenvalue weighted by atomic mass is 32.1. The van der Waals surface area contributed by atoms with Crippen molar-refractivity contribution in [2.24, 2.45) is 10.2 Å². The van der Waals surface area contributed by atoms with Crippen molar-refractivity contribution in [2.45, 2.75) is 20.4 Å². The molecular formula is C27H24N6OS. The van der Waals surface area contributed by atoms with Crippen LogP contribution >= 0.6 is 11.5 Å². The summed E-state index contributed by atoms with van der Waals surface area (Å²) in [4.78, 5) is 15.2. The quantitative estimate of drug-likeness (QED) is 0.274. The number of benzene rings is 3. The van der Waals surface area contributed by atoms with Crippen molar-refractivity contribution in [1.82, 2.24) is 4.37 Å². The standard InChI is InChI=1S/C27H24N6OS/c1-3-33(18-20-10-6-4-7-11-20)22-14-15-24(30-31-27-23(17-28)19(2)32-35-27)25(16-22)29-26(34)21-12-8-5-9-13-21/h4-16H,3,18H2,1-2H3,(H,29,34). The molecule has 1 N–H and O–H groups in total. The number of carbonyl (C=O) groups is 1. The predicted molar refractivity (Wildman–Crippen MR) is 140 cm³/mol. The van der Waals surface area contributed by atoms with Crippen molar-refractivity contribution in [2.75, 3.05) is 16.8 Å². The molecule has 0 saturated carbocycles. The molecule has 0 aliphatic rings. The van der Waals surface area contributed by atoms with Crippen LogP contribution in [0.15, 0.2) is 89.1 Å². The van der Waals surface area contributed by atoms with E-state index in [1.807, 2.05) is 54.6 Å². The summed E-state index contributed by atoms with van der Waals surface area (Å²) in [6, 6.07) is 27.1. The number of hydrogen-bond acceptors (Lipinski definition) is 7. The molecule has 0 bridgehead atoms. The van der Waals surface area contributed by atoms with Crippen LogP contribution in [0.1, 0.15) is 34.1 Å². The van der Waals surface area contributed by atoms with Gasteiger partial charge in [0.15, 0.2) is 5.00 Å². The van der Waals surface area contributed by atoms with Crippen molar-refractivity contribution >= 4 is 39.5 Å². The van der Waals surface area contributed by atoms with E-state index in [1.165, 1.54) is 5.56 Å². The first-order valence-corrected chi connectivity index (χ1v) is 11.9. The van der Waals surface area contributed by atoms with Crippen LogP contribution in [-0.2, 0) is 6.54 Å². The zero-order valence-electron chi connectivity index (χ0n) is 19.5. The Bertz CT molecular complexity index is 1380. The van der Waals surface area contributed by atoms with E-state index in [0.717, 1.165) is 30.3 Å². The summed E-state index contributed by atoms with van der Waals surface area (Å²) in [5, 5.41) is 21.4. The topological polar surface area (TPSA) is 93.7 Å². The van der Waals surface area contributed by atoms with E-state index >= 15 is 0 Å². The maximum atomic E-state index is 12.9. The first-order chi connectivity index (χ1) is 17.1. The van der Waals surface area contributed by atoms with Gasteiger partial charge in [0.2, 0.25) is 0 Å². The highest BCUT2D eigenvalue weighted by molar-refractivity contribution is 7.10.